The van der Waals surface area contributed by atoms with E-state index >= 15 is 0 Å². The zero-order valence-electron chi connectivity index (χ0n) is 18.8. The van der Waals surface area contributed by atoms with E-state index in [0.29, 0.717) is 0 Å². The number of amides is 2. The van der Waals surface area contributed by atoms with Crippen LogP contribution in [0.2, 0.25) is 0 Å². The van der Waals surface area contributed by atoms with E-state index in [2.05, 4.69) is 10.6 Å². The van der Waals surface area contributed by atoms with Gasteiger partial charge in [-0.25, -0.2) is 4.79 Å². The molecule has 2 aromatic rings. The van der Waals surface area contributed by atoms with Crippen molar-refractivity contribution in [2.45, 2.75) is 32.2 Å². The smallest absolute Gasteiger partial charge is 0.407 e. The number of ether oxygens (including phenoxy) is 1. The van der Waals surface area contributed by atoms with Gasteiger partial charge in [0.1, 0.15) is 12.6 Å². The first-order valence-electron chi connectivity index (χ1n) is 11.0. The summed E-state index contributed by atoms with van der Waals surface area (Å²) in [7, 11) is 0. The predicted octanol–water partition coefficient (Wildman–Crippen LogP) is 2.75. The van der Waals surface area contributed by atoms with Gasteiger partial charge in [-0.1, -0.05) is 62.4 Å². The number of alkyl carbamates (subject to hydrolysis) is 1. The van der Waals surface area contributed by atoms with Crippen LogP contribution in [0.1, 0.15) is 37.3 Å². The van der Waals surface area contributed by atoms with Crippen molar-refractivity contribution in [1.29, 1.82) is 0 Å². The first-order valence-corrected chi connectivity index (χ1v) is 11.0. The zero-order valence-corrected chi connectivity index (χ0v) is 18.8. The largest absolute Gasteiger partial charge is 0.481 e. The van der Waals surface area contributed by atoms with Crippen molar-refractivity contribution in [2.75, 3.05) is 19.8 Å². The second-order valence-electron chi connectivity index (χ2n) is 8.55. The summed E-state index contributed by atoms with van der Waals surface area (Å²) in [5, 5.41) is 23.6. The van der Waals surface area contributed by atoms with Crippen LogP contribution in [0.4, 0.5) is 4.79 Å². The number of carbonyl (C=O) groups is 3. The van der Waals surface area contributed by atoms with Gasteiger partial charge in [0.25, 0.3) is 0 Å². The molecular formula is C25H30N2O6. The molecule has 4 N–H and O–H groups in total. The van der Waals surface area contributed by atoms with Gasteiger partial charge in [0, 0.05) is 25.0 Å². The first kappa shape index (κ1) is 24.3. The number of carbonyl (C=O) groups excluding carboxylic acids is 2. The number of nitrogens with one attached hydrogen (secondary N) is 2. The highest BCUT2D eigenvalue weighted by atomic mass is 16.5. The average molecular weight is 455 g/mol. The van der Waals surface area contributed by atoms with Crippen LogP contribution in [0.3, 0.4) is 0 Å². The van der Waals surface area contributed by atoms with Crippen LogP contribution in [0, 0.1) is 11.8 Å². The SMILES string of the molecule is CC(C)C(CO)CNC(=O)C(CC(=O)O)NC(=O)OCC1c2ccccc2-c2ccccc21. The van der Waals surface area contributed by atoms with E-state index in [1.165, 1.54) is 0 Å². The monoisotopic (exact) mass is 454 g/mol. The van der Waals surface area contributed by atoms with Crippen molar-refractivity contribution in [2.24, 2.45) is 11.8 Å². The molecule has 33 heavy (non-hydrogen) atoms. The lowest BCUT2D eigenvalue weighted by Gasteiger charge is -2.22. The van der Waals surface area contributed by atoms with E-state index in [-0.39, 0.29) is 37.5 Å². The number of aliphatic hydroxyl groups is 1. The Kier molecular flexibility index (Phi) is 8.06. The number of carboxylic acids is 1. The highest BCUT2D eigenvalue weighted by molar-refractivity contribution is 5.89. The zero-order chi connectivity index (χ0) is 24.0. The molecule has 1 aliphatic rings. The molecule has 0 aromatic heterocycles. The minimum atomic E-state index is -1.29. The molecule has 0 aliphatic heterocycles. The third-order valence-corrected chi connectivity index (χ3v) is 6.05. The molecule has 176 valence electrons. The molecule has 8 heteroatoms. The predicted molar refractivity (Wildman–Crippen MR) is 123 cm³/mol. The molecular weight excluding hydrogens is 424 g/mol. The lowest BCUT2D eigenvalue weighted by molar-refractivity contribution is -0.139. The fraction of sp³-hybridized carbons (Fsp3) is 0.400. The summed E-state index contributed by atoms with van der Waals surface area (Å²) in [5.74, 6) is -2.05. The van der Waals surface area contributed by atoms with E-state index in [4.69, 9.17) is 9.84 Å². The second-order valence-corrected chi connectivity index (χ2v) is 8.55. The van der Waals surface area contributed by atoms with Crippen molar-refractivity contribution in [3.05, 3.63) is 59.7 Å². The van der Waals surface area contributed by atoms with Crippen molar-refractivity contribution < 1.29 is 29.3 Å². The van der Waals surface area contributed by atoms with E-state index < -0.39 is 30.4 Å². The molecule has 0 fully saturated rings. The minimum Gasteiger partial charge on any atom is -0.481 e. The van der Waals surface area contributed by atoms with Gasteiger partial charge < -0.3 is 25.6 Å². The van der Waals surface area contributed by atoms with Crippen LogP contribution >= 0.6 is 0 Å². The van der Waals surface area contributed by atoms with Gasteiger partial charge in [-0.15, -0.1) is 0 Å². The van der Waals surface area contributed by atoms with Gasteiger partial charge in [0.15, 0.2) is 0 Å². The summed E-state index contributed by atoms with van der Waals surface area (Å²) in [6, 6.07) is 14.5. The number of hydrogen-bond donors (Lipinski definition) is 4. The molecule has 0 saturated heterocycles. The second kappa shape index (κ2) is 11.0. The van der Waals surface area contributed by atoms with Crippen LogP contribution in [-0.4, -0.2) is 54.0 Å². The maximum atomic E-state index is 12.5. The summed E-state index contributed by atoms with van der Waals surface area (Å²) in [5.41, 5.74) is 4.28. The molecule has 2 unspecified atom stereocenters. The number of rotatable bonds is 10. The van der Waals surface area contributed by atoms with Crippen LogP contribution in [0.5, 0.6) is 0 Å². The van der Waals surface area contributed by atoms with Crippen LogP contribution in [-0.2, 0) is 14.3 Å². The molecule has 0 heterocycles. The Bertz CT molecular complexity index is 960. The fourth-order valence-corrected chi connectivity index (χ4v) is 4.03. The molecule has 2 aromatic carbocycles. The summed E-state index contributed by atoms with van der Waals surface area (Å²) < 4.78 is 5.42. The van der Waals surface area contributed by atoms with Crippen molar-refractivity contribution in [3.63, 3.8) is 0 Å². The van der Waals surface area contributed by atoms with Gasteiger partial charge in [0.05, 0.1) is 6.42 Å². The minimum absolute atomic E-state index is 0.0568. The Morgan fingerprint density at radius 1 is 1.00 bits per heavy atom. The van der Waals surface area contributed by atoms with E-state index in [1.807, 2.05) is 62.4 Å². The van der Waals surface area contributed by atoms with E-state index in [1.54, 1.807) is 0 Å². The van der Waals surface area contributed by atoms with Crippen molar-refractivity contribution >= 4 is 18.0 Å². The Balaban J connectivity index is 1.63. The van der Waals surface area contributed by atoms with Gasteiger partial charge in [-0.2, -0.15) is 0 Å². The van der Waals surface area contributed by atoms with Crippen LogP contribution < -0.4 is 10.6 Å². The maximum absolute atomic E-state index is 12.5. The molecule has 2 amide bonds. The van der Waals surface area contributed by atoms with Crippen LogP contribution in [0.25, 0.3) is 11.1 Å². The van der Waals surface area contributed by atoms with Gasteiger partial charge in [-0.3, -0.25) is 9.59 Å². The van der Waals surface area contributed by atoms with Crippen molar-refractivity contribution in [1.82, 2.24) is 10.6 Å². The summed E-state index contributed by atoms with van der Waals surface area (Å²) >= 11 is 0. The lowest BCUT2D eigenvalue weighted by atomic mass is 9.97. The Hall–Kier alpha value is -3.39. The standard InChI is InChI=1S/C25H30N2O6/c1-15(2)16(13-28)12-26-24(31)22(11-23(29)30)27-25(32)33-14-21-19-9-5-3-7-17(19)18-8-4-6-10-20(18)21/h3-10,15-16,21-22,28H,11-14H2,1-2H3,(H,26,31)(H,27,32)(H,29,30). The first-order chi connectivity index (χ1) is 15.8. The lowest BCUT2D eigenvalue weighted by Crippen LogP contribution is -2.49. The topological polar surface area (TPSA) is 125 Å². The summed E-state index contributed by atoms with van der Waals surface area (Å²) in [6.07, 6.45) is -1.44. The summed E-state index contributed by atoms with van der Waals surface area (Å²) in [4.78, 5) is 36.2. The van der Waals surface area contributed by atoms with Gasteiger partial charge >= 0.3 is 12.1 Å². The van der Waals surface area contributed by atoms with Crippen LogP contribution in [0.15, 0.2) is 48.5 Å². The third-order valence-electron chi connectivity index (χ3n) is 6.05. The maximum Gasteiger partial charge on any atom is 0.407 e. The highest BCUT2D eigenvalue weighted by Crippen LogP contribution is 2.44. The van der Waals surface area contributed by atoms with Crippen molar-refractivity contribution in [3.8, 4) is 11.1 Å². The Morgan fingerprint density at radius 3 is 2.09 bits per heavy atom. The number of fused-ring (bicyclic) bond motifs is 3. The fourth-order valence-electron chi connectivity index (χ4n) is 4.03. The quantitative estimate of drug-likeness (QED) is 0.438. The molecule has 0 bridgehead atoms. The molecule has 0 radical (unpaired) electrons. The number of carboxylic acid groups (broad SMARTS) is 1. The van der Waals surface area contributed by atoms with Gasteiger partial charge in [0.2, 0.25) is 5.91 Å². The Labute approximate surface area is 193 Å². The number of hydrogen-bond acceptors (Lipinski definition) is 5. The number of aliphatic carboxylic acids is 1. The highest BCUT2D eigenvalue weighted by Gasteiger charge is 2.30. The van der Waals surface area contributed by atoms with E-state index in [0.717, 1.165) is 22.3 Å². The molecule has 3 rings (SSSR count). The molecule has 0 saturated carbocycles. The summed E-state index contributed by atoms with van der Waals surface area (Å²) in [6.45, 7) is 3.95. The molecule has 1 aliphatic carbocycles. The number of benzene rings is 2. The molecule has 0 spiro atoms. The Morgan fingerprint density at radius 2 is 1.58 bits per heavy atom. The van der Waals surface area contributed by atoms with Gasteiger partial charge in [-0.05, 0) is 28.2 Å². The molecule has 8 nitrogen and oxygen atoms in total. The number of aliphatic hydroxyl groups excluding tert-OH is 1. The average Bonchev–Trinajstić information content (AvgIpc) is 3.11. The normalized spacial score (nSPS) is 14.2. The van der Waals surface area contributed by atoms with E-state index in [9.17, 15) is 19.5 Å². The third kappa shape index (κ3) is 5.90. The molecule has 2 atom stereocenters.